The minimum Gasteiger partial charge on any atom is -0.483 e. The van der Waals surface area contributed by atoms with E-state index in [2.05, 4.69) is 69.3 Å². The fourth-order valence-electron chi connectivity index (χ4n) is 10.6. The zero-order valence-corrected chi connectivity index (χ0v) is 39.7. The Hall–Kier alpha value is -4.98. The smallest absolute Gasteiger partial charge is 0.266 e. The number of amides is 2. The first-order chi connectivity index (χ1) is 28.3. The number of benzene rings is 4. The minimum atomic E-state index is -1.25. The summed E-state index contributed by atoms with van der Waals surface area (Å²) in [6.45, 7) is 15.2. The van der Waals surface area contributed by atoms with Crippen molar-refractivity contribution >= 4 is 45.4 Å². The van der Waals surface area contributed by atoms with Crippen molar-refractivity contribution in [2.75, 3.05) is 0 Å². The predicted molar refractivity (Wildman–Crippen MR) is 237 cm³/mol. The van der Waals surface area contributed by atoms with Crippen LogP contribution in [0.5, 0.6) is 11.5 Å². The monoisotopic (exact) mass is 1050 g/mol. The number of fused-ring (bicyclic) bond motifs is 8. The summed E-state index contributed by atoms with van der Waals surface area (Å²) in [6.07, 6.45) is 6.02. The van der Waals surface area contributed by atoms with Crippen LogP contribution in [0.2, 0.25) is 0 Å². The maximum absolute atomic E-state index is 14.0. The average molecular weight is 1050 g/mol. The number of carbonyl (C=O) groups excluding carboxylic acids is 2. The van der Waals surface area contributed by atoms with Crippen LogP contribution in [0, 0.1) is 14.0 Å². The molecule has 0 aromatic heterocycles. The second-order valence-corrected chi connectivity index (χ2v) is 18.0. The molecule has 2 unspecified atom stereocenters. The molecule has 4 aliphatic heterocycles. The molecule has 0 bridgehead atoms. The van der Waals surface area contributed by atoms with Gasteiger partial charge in [-0.25, -0.2) is 14.8 Å². The van der Waals surface area contributed by atoms with Gasteiger partial charge in [0.2, 0.25) is 11.1 Å². The molecule has 4 aromatic rings. The Labute approximate surface area is 381 Å². The summed E-state index contributed by atoms with van der Waals surface area (Å²) in [5.41, 5.74) is 15.8. The van der Waals surface area contributed by atoms with Crippen molar-refractivity contribution in [3.63, 3.8) is 0 Å². The molecule has 0 saturated heterocycles. The number of hydrogen-bond acceptors (Lipinski definition) is 8. The van der Waals surface area contributed by atoms with Gasteiger partial charge in [0.1, 0.15) is 22.7 Å². The van der Waals surface area contributed by atoms with E-state index in [1.54, 1.807) is 28.0 Å². The Morgan fingerprint density at radius 1 is 0.656 bits per heavy atom. The van der Waals surface area contributed by atoms with Crippen LogP contribution < -0.4 is 20.9 Å². The van der Waals surface area contributed by atoms with Gasteiger partial charge in [0.15, 0.2) is 17.6 Å². The zero-order chi connectivity index (χ0) is 41.5. The number of carbonyl (C=O) groups is 2. The molecular formula is C48H51BrN7O4W-. The van der Waals surface area contributed by atoms with Crippen molar-refractivity contribution in [1.29, 1.82) is 0 Å². The van der Waals surface area contributed by atoms with E-state index in [1.165, 1.54) is 22.3 Å². The molecule has 11 nitrogen and oxygen atoms in total. The first-order valence-electron chi connectivity index (χ1n) is 20.5. The molecule has 10 rings (SSSR count). The third-order valence-corrected chi connectivity index (χ3v) is 13.8. The molecule has 4 spiro atoms. The fourth-order valence-corrected chi connectivity index (χ4v) is 10.9. The summed E-state index contributed by atoms with van der Waals surface area (Å²) >= 11 is 3.57. The van der Waals surface area contributed by atoms with E-state index in [9.17, 15) is 9.59 Å². The van der Waals surface area contributed by atoms with Crippen molar-refractivity contribution in [3.8, 4) is 11.5 Å². The number of aliphatic imine (C=N–C) groups is 2. The number of halogens is 1. The number of ether oxygens (including phenoxy) is 2. The SMILES string of the molecule is CC(C)N1C(=O)C2(N=C1N)c1cc(Br)ccc1OC21CCc2ccccc2CC1.[C-]#[N+]c1ccc2c(c1)C1(N=C(N)N(C(C)C)C1=O)C1(CCc3ccccc3CC1)O2.[CH3-].[W]. The van der Waals surface area contributed by atoms with Crippen molar-refractivity contribution in [2.45, 2.75) is 113 Å². The Bertz CT molecular complexity index is 2480. The maximum Gasteiger partial charge on any atom is 0.266 e. The second kappa shape index (κ2) is 16.0. The number of aryl methyl sites for hydroxylation is 4. The van der Waals surface area contributed by atoms with Gasteiger partial charge < -0.3 is 28.4 Å². The third-order valence-electron chi connectivity index (χ3n) is 13.3. The van der Waals surface area contributed by atoms with E-state index in [0.29, 0.717) is 42.7 Å². The van der Waals surface area contributed by atoms with Crippen molar-refractivity contribution < 1.29 is 40.1 Å². The van der Waals surface area contributed by atoms with Gasteiger partial charge in [-0.2, -0.15) is 0 Å². The molecule has 0 fully saturated rings. The summed E-state index contributed by atoms with van der Waals surface area (Å²) in [7, 11) is 0. The van der Waals surface area contributed by atoms with Crippen LogP contribution in [0.15, 0.2) is 99.4 Å². The summed E-state index contributed by atoms with van der Waals surface area (Å²) in [4.78, 5) is 44.4. The van der Waals surface area contributed by atoms with E-state index in [0.717, 1.165) is 41.5 Å². The molecule has 2 aliphatic carbocycles. The molecule has 13 heteroatoms. The van der Waals surface area contributed by atoms with E-state index >= 15 is 0 Å². The van der Waals surface area contributed by atoms with Crippen molar-refractivity contribution in [2.24, 2.45) is 21.5 Å². The van der Waals surface area contributed by atoms with Crippen LogP contribution in [0.25, 0.3) is 4.85 Å². The van der Waals surface area contributed by atoms with E-state index < -0.39 is 22.3 Å². The largest absolute Gasteiger partial charge is 0.483 e. The van der Waals surface area contributed by atoms with Crippen LogP contribution in [0.1, 0.15) is 86.8 Å². The third kappa shape index (κ3) is 6.44. The first kappa shape index (κ1) is 44.1. The van der Waals surface area contributed by atoms with Crippen LogP contribution in [0.3, 0.4) is 0 Å². The van der Waals surface area contributed by atoms with Crippen LogP contribution in [-0.2, 0) is 67.4 Å². The first-order valence-corrected chi connectivity index (χ1v) is 21.3. The van der Waals surface area contributed by atoms with E-state index in [-0.39, 0.29) is 64.3 Å². The molecule has 2 atom stereocenters. The molecule has 61 heavy (non-hydrogen) atoms. The Morgan fingerprint density at radius 3 is 1.39 bits per heavy atom. The number of hydrogen-bond donors (Lipinski definition) is 2. The molecule has 2 amide bonds. The standard InChI is InChI=1S/C24H24N4O2.C23H24BrN3O2.CH3.W/c1-15(2)28-21(29)24(27-22(28)25)19-14-18(26-3)8-9-20(19)30-23(24)12-10-16-6-4-5-7-17(16)11-13-23;1-14(2)27-20(28)23(26-21(27)25)18-13-17(24)7-8-19(18)29-22(23)11-9-15-5-3-4-6-16(15)10-12-22;;/h4-9,14-15H,10-13H2,1-2H3,(H2,25,27);3-8,13-14H,9-12H2,1-2H3,(H2,25,26);1H3;/q;;-1;. The minimum absolute atomic E-state index is 0. The molecule has 0 saturated carbocycles. The van der Waals surface area contributed by atoms with Crippen LogP contribution in [-0.4, -0.2) is 56.8 Å². The van der Waals surface area contributed by atoms with Gasteiger partial charge in [0, 0.05) is 48.7 Å². The maximum atomic E-state index is 14.0. The van der Waals surface area contributed by atoms with Gasteiger partial charge in [-0.1, -0.05) is 70.5 Å². The summed E-state index contributed by atoms with van der Waals surface area (Å²) < 4.78 is 14.2. The zero-order valence-electron chi connectivity index (χ0n) is 35.2. The van der Waals surface area contributed by atoms with Gasteiger partial charge in [0.25, 0.3) is 11.8 Å². The summed E-state index contributed by atoms with van der Waals surface area (Å²) in [5, 5.41) is 0. The Balaban J connectivity index is 0.000000178. The molecule has 4 aromatic carbocycles. The Morgan fingerprint density at radius 2 is 1.03 bits per heavy atom. The number of guanidine groups is 2. The van der Waals surface area contributed by atoms with Gasteiger partial charge >= 0.3 is 0 Å². The molecule has 6 aliphatic rings. The fraction of sp³-hybridized carbons (Fsp3) is 0.375. The van der Waals surface area contributed by atoms with Crippen molar-refractivity contribution in [3.05, 3.63) is 142 Å². The molecule has 316 valence electrons. The van der Waals surface area contributed by atoms with Gasteiger partial charge in [0.05, 0.1) is 6.57 Å². The molecule has 4 N–H and O–H groups in total. The van der Waals surface area contributed by atoms with Gasteiger partial charge in [-0.15, -0.1) is 0 Å². The van der Waals surface area contributed by atoms with E-state index in [4.69, 9.17) is 37.5 Å². The molecular weight excluding hydrogens is 1000 g/mol. The molecule has 0 radical (unpaired) electrons. The Kier molecular flexibility index (Phi) is 11.6. The van der Waals surface area contributed by atoms with Crippen LogP contribution in [0.4, 0.5) is 5.69 Å². The number of nitrogens with zero attached hydrogens (tertiary/aromatic N) is 5. The van der Waals surface area contributed by atoms with E-state index in [1.807, 2.05) is 45.9 Å². The quantitative estimate of drug-likeness (QED) is 0.195. The summed E-state index contributed by atoms with van der Waals surface area (Å²) in [5.74, 6) is 1.64. The number of rotatable bonds is 2. The summed E-state index contributed by atoms with van der Waals surface area (Å²) in [6, 6.07) is 27.9. The van der Waals surface area contributed by atoms with Gasteiger partial charge in [-0.05, 0) is 132 Å². The van der Waals surface area contributed by atoms with Crippen LogP contribution >= 0.6 is 15.9 Å². The average Bonchev–Trinajstić information content (AvgIpc) is 3.73. The van der Waals surface area contributed by atoms with Crippen molar-refractivity contribution in [1.82, 2.24) is 9.80 Å². The molecule has 4 heterocycles. The normalized spacial score (nSPS) is 23.3. The predicted octanol–water partition coefficient (Wildman–Crippen LogP) is 8.08. The second-order valence-electron chi connectivity index (χ2n) is 17.1. The van der Waals surface area contributed by atoms with Gasteiger partial charge in [-0.3, -0.25) is 19.4 Å². The topological polar surface area (TPSA) is 140 Å². The number of nitrogens with two attached hydrogens (primary N) is 2.